The van der Waals surface area contributed by atoms with E-state index in [0.29, 0.717) is 12.4 Å². The van der Waals surface area contributed by atoms with Gasteiger partial charge in [-0.25, -0.2) is 4.98 Å². The minimum absolute atomic E-state index is 0.00504. The number of nitrogens with one attached hydrogen (secondary N) is 1. The van der Waals surface area contributed by atoms with E-state index in [2.05, 4.69) is 20.3 Å². The number of methoxy groups -OCH3 is 2. The number of anilines is 1. The normalized spacial score (nSPS) is 16.6. The molecule has 8 nitrogen and oxygen atoms in total. The van der Waals surface area contributed by atoms with Crippen molar-refractivity contribution in [2.75, 3.05) is 33.1 Å². The smallest absolute Gasteiger partial charge is 0.320 e. The summed E-state index contributed by atoms with van der Waals surface area (Å²) in [4.78, 5) is 27.3. The predicted octanol–water partition coefficient (Wildman–Crippen LogP) is 1.91. The molecule has 1 N–H and O–H groups in total. The lowest BCUT2D eigenvalue weighted by atomic mass is 10.1. The second-order valence-corrected chi connectivity index (χ2v) is 5.66. The number of ether oxygens (including phenoxy) is 2. The Labute approximate surface area is 146 Å². The number of carbonyl (C=O) groups excluding carboxylic acids is 1. The number of hydrogen-bond donors (Lipinski definition) is 1. The molecule has 1 aliphatic heterocycles. The Bertz CT molecular complexity index is 745. The Kier molecular flexibility index (Phi) is 4.97. The fourth-order valence-corrected chi connectivity index (χ4v) is 3.00. The molecule has 1 saturated heterocycles. The third-order valence-corrected chi connectivity index (χ3v) is 4.23. The summed E-state index contributed by atoms with van der Waals surface area (Å²) in [7, 11) is 4.77. The van der Waals surface area contributed by atoms with E-state index >= 15 is 0 Å². The summed E-state index contributed by atoms with van der Waals surface area (Å²) in [6.45, 7) is 0.676. The Morgan fingerprint density at radius 3 is 2.84 bits per heavy atom. The van der Waals surface area contributed by atoms with Gasteiger partial charge in [0.15, 0.2) is 0 Å². The number of rotatable bonds is 5. The zero-order valence-corrected chi connectivity index (χ0v) is 14.5. The highest BCUT2D eigenvalue weighted by molar-refractivity contribution is 5.93. The van der Waals surface area contributed by atoms with Crippen LogP contribution in [-0.2, 0) is 0 Å². The lowest BCUT2D eigenvalue weighted by Gasteiger charge is -2.25. The van der Waals surface area contributed by atoms with Gasteiger partial charge in [0, 0.05) is 25.9 Å². The van der Waals surface area contributed by atoms with Crippen LogP contribution >= 0.6 is 0 Å². The summed E-state index contributed by atoms with van der Waals surface area (Å²) in [5, 5.41) is 3.03. The molecule has 1 fully saturated rings. The summed E-state index contributed by atoms with van der Waals surface area (Å²) in [5.74, 6) is 0.916. The van der Waals surface area contributed by atoms with E-state index in [9.17, 15) is 4.79 Å². The Balaban J connectivity index is 1.90. The lowest BCUT2D eigenvalue weighted by Crippen LogP contribution is -2.31. The highest BCUT2D eigenvalue weighted by Gasteiger charge is 2.32. The molecule has 1 aliphatic rings. The molecule has 25 heavy (non-hydrogen) atoms. The second kappa shape index (κ2) is 7.33. The summed E-state index contributed by atoms with van der Waals surface area (Å²) in [5.41, 5.74) is 1.32. The van der Waals surface area contributed by atoms with Crippen molar-refractivity contribution in [3.8, 4) is 11.9 Å². The van der Waals surface area contributed by atoms with E-state index in [1.54, 1.807) is 6.20 Å². The van der Waals surface area contributed by atoms with Crippen molar-refractivity contribution in [2.45, 2.75) is 18.9 Å². The van der Waals surface area contributed by atoms with E-state index in [-0.39, 0.29) is 23.7 Å². The molecular weight excluding hydrogens is 322 g/mol. The van der Waals surface area contributed by atoms with Crippen molar-refractivity contribution < 1.29 is 14.3 Å². The SMILES string of the molecule is CNc1cc(C2CCCN2C(=O)c2cc(OC)nc(OC)n2)ccn1. The minimum atomic E-state index is -0.163. The van der Waals surface area contributed by atoms with Gasteiger partial charge >= 0.3 is 6.01 Å². The minimum Gasteiger partial charge on any atom is -0.481 e. The van der Waals surface area contributed by atoms with E-state index in [0.717, 1.165) is 24.2 Å². The highest BCUT2D eigenvalue weighted by atomic mass is 16.5. The number of aromatic nitrogens is 3. The van der Waals surface area contributed by atoms with Crippen LogP contribution in [0.3, 0.4) is 0 Å². The number of hydrogen-bond acceptors (Lipinski definition) is 7. The maximum Gasteiger partial charge on any atom is 0.320 e. The highest BCUT2D eigenvalue weighted by Crippen LogP contribution is 2.33. The molecule has 2 aromatic heterocycles. The maximum absolute atomic E-state index is 13.0. The average Bonchev–Trinajstić information content (AvgIpc) is 3.16. The Morgan fingerprint density at radius 1 is 1.28 bits per heavy atom. The third kappa shape index (κ3) is 3.47. The van der Waals surface area contributed by atoms with Crippen molar-refractivity contribution >= 4 is 11.7 Å². The molecule has 3 rings (SSSR count). The number of amides is 1. The molecule has 0 radical (unpaired) electrons. The molecule has 2 aromatic rings. The molecule has 1 atom stereocenters. The Morgan fingerprint density at radius 2 is 2.12 bits per heavy atom. The molecule has 132 valence electrons. The van der Waals surface area contributed by atoms with Gasteiger partial charge in [-0.3, -0.25) is 4.79 Å². The predicted molar refractivity (Wildman–Crippen MR) is 91.9 cm³/mol. The number of carbonyl (C=O) groups is 1. The topological polar surface area (TPSA) is 89.5 Å². The average molecular weight is 343 g/mol. The van der Waals surface area contributed by atoms with Gasteiger partial charge in [-0.15, -0.1) is 0 Å². The van der Waals surface area contributed by atoms with Crippen LogP contribution in [0.5, 0.6) is 11.9 Å². The molecule has 1 amide bonds. The van der Waals surface area contributed by atoms with Crippen molar-refractivity contribution in [3.63, 3.8) is 0 Å². The van der Waals surface area contributed by atoms with Gasteiger partial charge in [0.1, 0.15) is 11.5 Å². The van der Waals surface area contributed by atoms with Crippen LogP contribution in [0.2, 0.25) is 0 Å². The summed E-state index contributed by atoms with van der Waals surface area (Å²) in [6, 6.07) is 5.55. The van der Waals surface area contributed by atoms with Gasteiger partial charge in [-0.2, -0.15) is 9.97 Å². The van der Waals surface area contributed by atoms with Gasteiger partial charge < -0.3 is 19.7 Å². The van der Waals surface area contributed by atoms with Crippen LogP contribution in [0.1, 0.15) is 34.9 Å². The first-order chi connectivity index (χ1) is 12.2. The quantitative estimate of drug-likeness (QED) is 0.887. The molecule has 8 heteroatoms. The van der Waals surface area contributed by atoms with Gasteiger partial charge in [-0.1, -0.05) is 0 Å². The molecular formula is C17H21N5O3. The fraction of sp³-hybridized carbons (Fsp3) is 0.412. The van der Waals surface area contributed by atoms with Crippen LogP contribution in [0.15, 0.2) is 24.4 Å². The molecule has 0 saturated carbocycles. The third-order valence-electron chi connectivity index (χ3n) is 4.23. The summed E-state index contributed by atoms with van der Waals surface area (Å²) in [6.07, 6.45) is 3.59. The van der Waals surface area contributed by atoms with E-state index in [1.807, 2.05) is 24.1 Å². The van der Waals surface area contributed by atoms with Crippen LogP contribution in [0.25, 0.3) is 0 Å². The monoisotopic (exact) mass is 343 g/mol. The lowest BCUT2D eigenvalue weighted by molar-refractivity contribution is 0.0727. The van der Waals surface area contributed by atoms with Crippen LogP contribution in [0, 0.1) is 0 Å². The van der Waals surface area contributed by atoms with Crippen LogP contribution in [-0.4, -0.2) is 53.6 Å². The van der Waals surface area contributed by atoms with Crippen molar-refractivity contribution in [3.05, 3.63) is 35.7 Å². The Hall–Kier alpha value is -2.90. The van der Waals surface area contributed by atoms with Crippen molar-refractivity contribution in [1.82, 2.24) is 19.9 Å². The standard InChI is InChI=1S/C17H21N5O3/c1-18-14-9-11(6-7-19-14)13-5-4-8-22(13)16(23)12-10-15(24-2)21-17(20-12)25-3/h6-7,9-10,13H,4-5,8H2,1-3H3,(H,18,19). The van der Waals surface area contributed by atoms with Gasteiger partial charge in [0.2, 0.25) is 5.88 Å². The molecule has 0 aliphatic carbocycles. The van der Waals surface area contributed by atoms with Crippen molar-refractivity contribution in [2.24, 2.45) is 0 Å². The van der Waals surface area contributed by atoms with Gasteiger partial charge in [0.25, 0.3) is 5.91 Å². The van der Waals surface area contributed by atoms with Crippen LogP contribution in [0.4, 0.5) is 5.82 Å². The largest absolute Gasteiger partial charge is 0.481 e. The second-order valence-electron chi connectivity index (χ2n) is 5.66. The number of nitrogens with zero attached hydrogens (tertiary/aromatic N) is 4. The molecule has 1 unspecified atom stereocenters. The summed E-state index contributed by atoms with van der Waals surface area (Å²) >= 11 is 0. The van der Waals surface area contributed by atoms with E-state index in [4.69, 9.17) is 9.47 Å². The zero-order chi connectivity index (χ0) is 17.8. The van der Waals surface area contributed by atoms with Crippen molar-refractivity contribution in [1.29, 1.82) is 0 Å². The molecule has 0 spiro atoms. The first-order valence-corrected chi connectivity index (χ1v) is 8.08. The first kappa shape index (κ1) is 16.9. The molecule has 0 aromatic carbocycles. The molecule has 0 bridgehead atoms. The summed E-state index contributed by atoms with van der Waals surface area (Å²) < 4.78 is 10.2. The van der Waals surface area contributed by atoms with E-state index < -0.39 is 0 Å². The maximum atomic E-state index is 13.0. The number of pyridine rings is 1. The number of likely N-dealkylation sites (tertiary alicyclic amines) is 1. The van der Waals surface area contributed by atoms with Crippen LogP contribution < -0.4 is 14.8 Å². The van der Waals surface area contributed by atoms with E-state index in [1.165, 1.54) is 20.3 Å². The zero-order valence-electron chi connectivity index (χ0n) is 14.5. The van der Waals surface area contributed by atoms with Gasteiger partial charge in [-0.05, 0) is 30.5 Å². The molecule has 3 heterocycles. The fourth-order valence-electron chi connectivity index (χ4n) is 3.00. The first-order valence-electron chi connectivity index (χ1n) is 8.08. The van der Waals surface area contributed by atoms with Gasteiger partial charge in [0.05, 0.1) is 20.3 Å².